The molecule has 37 heavy (non-hydrogen) atoms. The molecule has 5 heteroatoms. The number of benzene rings is 3. The summed E-state index contributed by atoms with van der Waals surface area (Å²) >= 11 is 0. The standard InChI is InChI=1S/C32H41NO4/c1-5-33(25-27-14-16-29(34-2)17-15-27)20-8-6-7-9-21-37-30-18-12-26(13-19-30)10-11-28-22-31(35-3)24-32(23-28)36-4/h10-19,22-24H,5-9,20-21,25H2,1-4H3/b11-10+. The molecular weight excluding hydrogens is 462 g/mol. The summed E-state index contributed by atoms with van der Waals surface area (Å²) in [7, 11) is 5.02. The molecule has 0 bridgehead atoms. The summed E-state index contributed by atoms with van der Waals surface area (Å²) < 4.78 is 21.9. The van der Waals surface area contributed by atoms with Crippen LogP contribution in [0, 0.1) is 0 Å². The van der Waals surface area contributed by atoms with Crippen LogP contribution in [0.4, 0.5) is 0 Å². The van der Waals surface area contributed by atoms with Gasteiger partial charge >= 0.3 is 0 Å². The Morgan fingerprint density at radius 1 is 0.622 bits per heavy atom. The van der Waals surface area contributed by atoms with Gasteiger partial charge < -0.3 is 18.9 Å². The van der Waals surface area contributed by atoms with E-state index < -0.39 is 0 Å². The van der Waals surface area contributed by atoms with Crippen LogP contribution >= 0.6 is 0 Å². The minimum absolute atomic E-state index is 0.752. The van der Waals surface area contributed by atoms with Crippen molar-refractivity contribution in [2.75, 3.05) is 41.0 Å². The van der Waals surface area contributed by atoms with Crippen LogP contribution in [0.3, 0.4) is 0 Å². The molecule has 198 valence electrons. The van der Waals surface area contributed by atoms with Gasteiger partial charge in [0.2, 0.25) is 0 Å². The third-order valence-electron chi connectivity index (χ3n) is 6.37. The van der Waals surface area contributed by atoms with Crippen LogP contribution in [0.15, 0.2) is 66.7 Å². The van der Waals surface area contributed by atoms with Crippen LogP contribution in [0.1, 0.15) is 49.3 Å². The molecular formula is C32H41NO4. The third kappa shape index (κ3) is 9.85. The van der Waals surface area contributed by atoms with Crippen molar-refractivity contribution in [2.24, 2.45) is 0 Å². The first-order chi connectivity index (χ1) is 18.1. The van der Waals surface area contributed by atoms with Crippen molar-refractivity contribution in [2.45, 2.75) is 39.2 Å². The maximum absolute atomic E-state index is 5.95. The molecule has 0 saturated carbocycles. The van der Waals surface area contributed by atoms with Crippen molar-refractivity contribution in [1.82, 2.24) is 4.90 Å². The quantitative estimate of drug-likeness (QED) is 0.151. The molecule has 3 aromatic carbocycles. The number of hydrogen-bond donors (Lipinski definition) is 0. The van der Waals surface area contributed by atoms with Crippen LogP contribution in [0.5, 0.6) is 23.0 Å². The molecule has 0 N–H and O–H groups in total. The summed E-state index contributed by atoms with van der Waals surface area (Å²) in [6.07, 6.45) is 8.82. The van der Waals surface area contributed by atoms with Crippen LogP contribution in [-0.4, -0.2) is 45.9 Å². The van der Waals surface area contributed by atoms with Crippen molar-refractivity contribution >= 4 is 12.2 Å². The Morgan fingerprint density at radius 2 is 1.22 bits per heavy atom. The average molecular weight is 504 g/mol. The summed E-state index contributed by atoms with van der Waals surface area (Å²) in [4.78, 5) is 2.50. The van der Waals surface area contributed by atoms with Gasteiger partial charge in [-0.3, -0.25) is 4.90 Å². The lowest BCUT2D eigenvalue weighted by Crippen LogP contribution is -2.24. The second kappa shape index (κ2) is 15.6. The first kappa shape index (κ1) is 28.1. The number of methoxy groups -OCH3 is 3. The van der Waals surface area contributed by atoms with E-state index in [2.05, 4.69) is 48.2 Å². The molecule has 0 amide bonds. The molecule has 0 spiro atoms. The highest BCUT2D eigenvalue weighted by molar-refractivity contribution is 5.71. The summed E-state index contributed by atoms with van der Waals surface area (Å²) in [5, 5.41) is 0. The average Bonchev–Trinajstić information content (AvgIpc) is 2.95. The predicted molar refractivity (Wildman–Crippen MR) is 153 cm³/mol. The van der Waals surface area contributed by atoms with E-state index in [0.717, 1.165) is 66.8 Å². The van der Waals surface area contributed by atoms with Crippen molar-refractivity contribution < 1.29 is 18.9 Å². The molecule has 0 radical (unpaired) electrons. The maximum atomic E-state index is 5.95. The van der Waals surface area contributed by atoms with Crippen LogP contribution < -0.4 is 18.9 Å². The van der Waals surface area contributed by atoms with Gasteiger partial charge in [0.05, 0.1) is 27.9 Å². The highest BCUT2D eigenvalue weighted by Gasteiger charge is 2.04. The SMILES string of the molecule is CCN(CCCCCCOc1ccc(/C=C/c2cc(OC)cc(OC)c2)cc1)Cc1ccc(OC)cc1. The van der Waals surface area contributed by atoms with Gasteiger partial charge in [0.25, 0.3) is 0 Å². The zero-order valence-corrected chi connectivity index (χ0v) is 22.7. The number of nitrogens with zero attached hydrogens (tertiary/aromatic N) is 1. The highest BCUT2D eigenvalue weighted by atomic mass is 16.5. The molecule has 0 aliphatic rings. The Balaban J connectivity index is 1.32. The van der Waals surface area contributed by atoms with Gasteiger partial charge in [-0.05, 0) is 79.0 Å². The molecule has 0 saturated heterocycles. The largest absolute Gasteiger partial charge is 0.497 e. The normalized spacial score (nSPS) is 11.2. The van der Waals surface area contributed by atoms with Gasteiger partial charge in [0.15, 0.2) is 0 Å². The molecule has 0 fully saturated rings. The molecule has 0 aliphatic carbocycles. The Hall–Kier alpha value is -3.44. The van der Waals surface area contributed by atoms with Crippen molar-refractivity contribution in [3.8, 4) is 23.0 Å². The van der Waals surface area contributed by atoms with Crippen LogP contribution in [0.2, 0.25) is 0 Å². The first-order valence-electron chi connectivity index (χ1n) is 13.1. The van der Waals surface area contributed by atoms with Gasteiger partial charge in [0.1, 0.15) is 23.0 Å². The van der Waals surface area contributed by atoms with E-state index in [1.165, 1.54) is 24.8 Å². The third-order valence-corrected chi connectivity index (χ3v) is 6.37. The fourth-order valence-electron chi connectivity index (χ4n) is 4.11. The lowest BCUT2D eigenvalue weighted by Gasteiger charge is -2.20. The van der Waals surface area contributed by atoms with E-state index in [1.54, 1.807) is 21.3 Å². The molecule has 3 aromatic rings. The fraction of sp³-hybridized carbons (Fsp3) is 0.375. The van der Waals surface area contributed by atoms with E-state index in [4.69, 9.17) is 18.9 Å². The van der Waals surface area contributed by atoms with E-state index >= 15 is 0 Å². The van der Waals surface area contributed by atoms with Crippen molar-refractivity contribution in [3.05, 3.63) is 83.4 Å². The number of rotatable bonds is 16. The molecule has 3 rings (SSSR count). The van der Waals surface area contributed by atoms with Gasteiger partial charge in [-0.1, -0.05) is 56.2 Å². The number of unbranched alkanes of at least 4 members (excludes halogenated alkanes) is 3. The summed E-state index contributed by atoms with van der Waals surface area (Å²) in [6.45, 7) is 6.16. The van der Waals surface area contributed by atoms with Gasteiger partial charge in [-0.25, -0.2) is 0 Å². The lowest BCUT2D eigenvalue weighted by atomic mass is 10.1. The molecule has 5 nitrogen and oxygen atoms in total. The van der Waals surface area contributed by atoms with E-state index in [1.807, 2.05) is 42.5 Å². The number of hydrogen-bond acceptors (Lipinski definition) is 5. The second-order valence-corrected chi connectivity index (χ2v) is 9.03. The highest BCUT2D eigenvalue weighted by Crippen LogP contribution is 2.24. The van der Waals surface area contributed by atoms with Gasteiger partial charge in [-0.2, -0.15) is 0 Å². The Kier molecular flexibility index (Phi) is 11.9. The topological polar surface area (TPSA) is 40.2 Å². The monoisotopic (exact) mass is 503 g/mol. The number of ether oxygens (including phenoxy) is 4. The smallest absolute Gasteiger partial charge is 0.123 e. The Bertz CT molecular complexity index is 1050. The Labute approximate surface area is 222 Å². The first-order valence-corrected chi connectivity index (χ1v) is 13.1. The minimum atomic E-state index is 0.752. The van der Waals surface area contributed by atoms with Gasteiger partial charge in [-0.15, -0.1) is 0 Å². The molecule has 0 atom stereocenters. The lowest BCUT2D eigenvalue weighted by molar-refractivity contribution is 0.267. The zero-order valence-electron chi connectivity index (χ0n) is 22.7. The Morgan fingerprint density at radius 3 is 1.84 bits per heavy atom. The second-order valence-electron chi connectivity index (χ2n) is 9.03. The predicted octanol–water partition coefficient (Wildman–Crippen LogP) is 7.34. The van der Waals surface area contributed by atoms with Gasteiger partial charge in [0, 0.05) is 12.6 Å². The summed E-state index contributed by atoms with van der Waals surface area (Å²) in [5.41, 5.74) is 3.47. The van der Waals surface area contributed by atoms with Crippen LogP contribution in [0.25, 0.3) is 12.2 Å². The summed E-state index contributed by atoms with van der Waals surface area (Å²) in [6, 6.07) is 22.4. The van der Waals surface area contributed by atoms with E-state index in [-0.39, 0.29) is 0 Å². The maximum Gasteiger partial charge on any atom is 0.123 e. The minimum Gasteiger partial charge on any atom is -0.497 e. The van der Waals surface area contributed by atoms with E-state index in [0.29, 0.717) is 0 Å². The molecule has 0 unspecified atom stereocenters. The van der Waals surface area contributed by atoms with Crippen LogP contribution in [-0.2, 0) is 6.54 Å². The zero-order chi connectivity index (χ0) is 26.3. The molecule has 0 aromatic heterocycles. The molecule has 0 heterocycles. The summed E-state index contributed by atoms with van der Waals surface area (Å²) in [5.74, 6) is 3.38. The fourth-order valence-corrected chi connectivity index (χ4v) is 4.11. The molecule has 0 aliphatic heterocycles. The van der Waals surface area contributed by atoms with Crippen molar-refractivity contribution in [1.29, 1.82) is 0 Å². The van der Waals surface area contributed by atoms with E-state index in [9.17, 15) is 0 Å². The van der Waals surface area contributed by atoms with Crippen molar-refractivity contribution in [3.63, 3.8) is 0 Å².